The summed E-state index contributed by atoms with van der Waals surface area (Å²) in [4.78, 5) is 33.0. The number of carbonyl (C=O) groups is 1. The van der Waals surface area contributed by atoms with E-state index in [9.17, 15) is 9.59 Å². The molecule has 1 aromatic carbocycles. The van der Waals surface area contributed by atoms with Crippen LogP contribution in [0.5, 0.6) is 0 Å². The summed E-state index contributed by atoms with van der Waals surface area (Å²) in [5.41, 5.74) is 0.916. The fourth-order valence-electron chi connectivity index (χ4n) is 3.32. The van der Waals surface area contributed by atoms with Crippen LogP contribution in [0.15, 0.2) is 47.3 Å². The van der Waals surface area contributed by atoms with E-state index in [4.69, 9.17) is 11.6 Å². The normalized spacial score (nSPS) is 15.5. The Hall–Kier alpha value is -2.15. The van der Waals surface area contributed by atoms with Crippen LogP contribution in [0.3, 0.4) is 0 Å². The van der Waals surface area contributed by atoms with Gasteiger partial charge in [-0.15, -0.1) is 11.3 Å². The van der Waals surface area contributed by atoms with Crippen LogP contribution in [0.2, 0.25) is 4.34 Å². The molecule has 2 aromatic heterocycles. The van der Waals surface area contributed by atoms with Crippen LogP contribution in [0.25, 0.3) is 10.9 Å². The number of nitrogens with zero attached hydrogens (tertiary/aromatic N) is 2. The Kier molecular flexibility index (Phi) is 4.80. The number of fused-ring (bicyclic) bond motifs is 1. The summed E-state index contributed by atoms with van der Waals surface area (Å²) in [5, 5.41) is 0.785. The molecule has 1 N–H and O–H groups in total. The summed E-state index contributed by atoms with van der Waals surface area (Å²) in [5.74, 6) is -0.0777. The number of para-hydroxylation sites is 1. The topological polar surface area (TPSA) is 56.4 Å². The number of aromatic nitrogens is 1. The number of hydrogen-bond acceptors (Lipinski definition) is 4. The van der Waals surface area contributed by atoms with Gasteiger partial charge < -0.3 is 9.88 Å². The van der Waals surface area contributed by atoms with Crippen molar-refractivity contribution in [3.63, 3.8) is 0 Å². The first kappa shape index (κ1) is 17.3. The minimum Gasteiger partial charge on any atom is -0.336 e. The van der Waals surface area contributed by atoms with E-state index in [0.717, 1.165) is 29.4 Å². The van der Waals surface area contributed by atoms with Gasteiger partial charge in [-0.05, 0) is 18.2 Å². The number of carbonyl (C=O) groups excluding carboxylic acids is 1. The summed E-state index contributed by atoms with van der Waals surface area (Å²) in [6.45, 7) is 3.77. The molecular formula is C19H18ClN3O2S. The molecule has 0 atom stereocenters. The van der Waals surface area contributed by atoms with E-state index in [-0.39, 0.29) is 11.5 Å². The minimum absolute atomic E-state index is 0.0777. The van der Waals surface area contributed by atoms with Gasteiger partial charge in [0.15, 0.2) is 0 Å². The molecule has 0 aliphatic carbocycles. The number of thiophene rings is 1. The zero-order chi connectivity index (χ0) is 18.1. The summed E-state index contributed by atoms with van der Waals surface area (Å²) in [6, 6.07) is 12.8. The van der Waals surface area contributed by atoms with Gasteiger partial charge >= 0.3 is 0 Å². The van der Waals surface area contributed by atoms with Crippen LogP contribution in [0.1, 0.15) is 15.2 Å². The van der Waals surface area contributed by atoms with E-state index < -0.39 is 0 Å². The maximum absolute atomic E-state index is 13.0. The van der Waals surface area contributed by atoms with Crippen LogP contribution in [-0.2, 0) is 6.54 Å². The first-order valence-corrected chi connectivity index (χ1v) is 9.67. The third-order valence-corrected chi connectivity index (χ3v) is 5.86. The molecule has 134 valence electrons. The Bertz CT molecular complexity index is 1010. The molecule has 1 aliphatic heterocycles. The minimum atomic E-state index is -0.250. The Morgan fingerprint density at radius 2 is 1.88 bits per heavy atom. The molecular weight excluding hydrogens is 370 g/mol. The largest absolute Gasteiger partial charge is 0.336 e. The summed E-state index contributed by atoms with van der Waals surface area (Å²) in [6.07, 6.45) is 0. The van der Waals surface area contributed by atoms with E-state index in [1.807, 2.05) is 41.3 Å². The van der Waals surface area contributed by atoms with Crippen molar-refractivity contribution in [1.29, 1.82) is 0 Å². The summed E-state index contributed by atoms with van der Waals surface area (Å²) < 4.78 is 0.801. The van der Waals surface area contributed by atoms with Gasteiger partial charge in [-0.25, -0.2) is 0 Å². The molecule has 0 saturated carbocycles. The van der Waals surface area contributed by atoms with Gasteiger partial charge in [0.05, 0.1) is 9.90 Å². The summed E-state index contributed by atoms with van der Waals surface area (Å²) >= 11 is 7.58. The second-order valence-corrected chi connectivity index (χ2v) is 8.17. The highest BCUT2D eigenvalue weighted by Gasteiger charge is 2.24. The Balaban J connectivity index is 1.48. The molecule has 0 spiro atoms. The number of piperazine rings is 1. The zero-order valence-electron chi connectivity index (χ0n) is 14.1. The molecule has 0 unspecified atom stereocenters. The molecule has 1 amide bonds. The highest BCUT2D eigenvalue weighted by Crippen LogP contribution is 2.23. The quantitative estimate of drug-likeness (QED) is 0.750. The molecule has 0 bridgehead atoms. The third kappa shape index (κ3) is 3.53. The fraction of sp³-hybridized carbons (Fsp3) is 0.263. The number of halogens is 1. The van der Waals surface area contributed by atoms with E-state index in [1.165, 1.54) is 10.9 Å². The number of nitrogens with one attached hydrogen (secondary N) is 1. The monoisotopic (exact) mass is 387 g/mol. The maximum atomic E-state index is 13.0. The fourth-order valence-corrected chi connectivity index (χ4v) is 4.45. The Labute approximate surface area is 159 Å². The second kappa shape index (κ2) is 7.23. The number of aromatic amines is 1. The standard InChI is InChI=1S/C19H18ClN3O2S/c20-17-6-5-13(26-17)12-22-7-9-23(10-8-22)19(25)15-11-18(24)21-16-4-2-1-3-14(15)16/h1-6,11H,7-10,12H2,(H,21,24). The molecule has 0 radical (unpaired) electrons. The van der Waals surface area contributed by atoms with Gasteiger partial charge in [0.1, 0.15) is 0 Å². The highest BCUT2D eigenvalue weighted by molar-refractivity contribution is 7.16. The molecule has 1 aliphatic rings. The molecule has 26 heavy (non-hydrogen) atoms. The predicted octanol–water partition coefficient (Wildman–Crippen LogP) is 3.20. The van der Waals surface area contributed by atoms with E-state index in [0.29, 0.717) is 24.2 Å². The number of hydrogen-bond donors (Lipinski definition) is 1. The van der Waals surface area contributed by atoms with Crippen molar-refractivity contribution in [1.82, 2.24) is 14.8 Å². The molecule has 3 heterocycles. The molecule has 4 rings (SSSR count). The smallest absolute Gasteiger partial charge is 0.254 e. The number of pyridine rings is 1. The Morgan fingerprint density at radius 3 is 2.62 bits per heavy atom. The van der Waals surface area contributed by atoms with Gasteiger partial charge in [0, 0.05) is 54.6 Å². The zero-order valence-corrected chi connectivity index (χ0v) is 15.6. The first-order valence-electron chi connectivity index (χ1n) is 8.48. The lowest BCUT2D eigenvalue weighted by Crippen LogP contribution is -2.48. The van der Waals surface area contributed by atoms with Crippen molar-refractivity contribution < 1.29 is 4.79 Å². The summed E-state index contributed by atoms with van der Waals surface area (Å²) in [7, 11) is 0. The van der Waals surface area contributed by atoms with Crippen molar-refractivity contribution in [2.45, 2.75) is 6.54 Å². The lowest BCUT2D eigenvalue weighted by molar-refractivity contribution is 0.0631. The first-order chi connectivity index (χ1) is 12.6. The van der Waals surface area contributed by atoms with Gasteiger partial charge in [-0.3, -0.25) is 14.5 Å². The Morgan fingerprint density at radius 1 is 1.12 bits per heavy atom. The van der Waals surface area contributed by atoms with Gasteiger partial charge in [-0.1, -0.05) is 29.8 Å². The molecule has 3 aromatic rings. The maximum Gasteiger partial charge on any atom is 0.254 e. The number of rotatable bonds is 3. The molecule has 5 nitrogen and oxygen atoms in total. The van der Waals surface area contributed by atoms with Crippen molar-refractivity contribution in [3.8, 4) is 0 Å². The van der Waals surface area contributed by atoms with Crippen LogP contribution >= 0.6 is 22.9 Å². The van der Waals surface area contributed by atoms with Crippen LogP contribution in [0, 0.1) is 0 Å². The van der Waals surface area contributed by atoms with Crippen molar-refractivity contribution in [2.75, 3.05) is 26.2 Å². The van der Waals surface area contributed by atoms with E-state index in [1.54, 1.807) is 11.3 Å². The SMILES string of the molecule is O=C(c1cc(=O)[nH]c2ccccc12)N1CCN(Cc2ccc(Cl)s2)CC1. The van der Waals surface area contributed by atoms with Crippen LogP contribution in [0.4, 0.5) is 0 Å². The van der Waals surface area contributed by atoms with Crippen LogP contribution < -0.4 is 5.56 Å². The van der Waals surface area contributed by atoms with Crippen molar-refractivity contribution in [3.05, 3.63) is 67.6 Å². The van der Waals surface area contributed by atoms with Gasteiger partial charge in [0.2, 0.25) is 5.56 Å². The molecule has 1 fully saturated rings. The third-order valence-electron chi connectivity index (χ3n) is 4.65. The van der Waals surface area contributed by atoms with Crippen molar-refractivity contribution >= 4 is 39.7 Å². The lowest BCUT2D eigenvalue weighted by Gasteiger charge is -2.34. The molecule has 7 heteroatoms. The molecule has 1 saturated heterocycles. The average Bonchev–Trinajstić information content (AvgIpc) is 3.06. The highest BCUT2D eigenvalue weighted by atomic mass is 35.5. The van der Waals surface area contributed by atoms with Crippen LogP contribution in [-0.4, -0.2) is 46.9 Å². The lowest BCUT2D eigenvalue weighted by atomic mass is 10.1. The number of benzene rings is 1. The van der Waals surface area contributed by atoms with E-state index in [2.05, 4.69) is 9.88 Å². The average molecular weight is 388 g/mol. The van der Waals surface area contributed by atoms with Gasteiger partial charge in [-0.2, -0.15) is 0 Å². The van der Waals surface area contributed by atoms with Crippen molar-refractivity contribution in [2.24, 2.45) is 0 Å². The van der Waals surface area contributed by atoms with E-state index >= 15 is 0 Å². The second-order valence-electron chi connectivity index (χ2n) is 6.37. The number of amides is 1. The predicted molar refractivity (Wildman–Crippen MR) is 105 cm³/mol. The number of H-pyrrole nitrogens is 1. The van der Waals surface area contributed by atoms with Gasteiger partial charge in [0.25, 0.3) is 5.91 Å².